The Balaban J connectivity index is 1.98. The number of anilines is 2. The van der Waals surface area contributed by atoms with Gasteiger partial charge >= 0.3 is 11.9 Å². The Morgan fingerprint density at radius 1 is 1.00 bits per heavy atom. The van der Waals surface area contributed by atoms with E-state index in [-0.39, 0.29) is 0 Å². The van der Waals surface area contributed by atoms with Crippen LogP contribution in [0.25, 0.3) is 0 Å². The maximum absolute atomic E-state index is 12.4. The molecule has 2 rings (SSSR count). The van der Waals surface area contributed by atoms with Gasteiger partial charge in [-0.25, -0.2) is 9.59 Å². The summed E-state index contributed by atoms with van der Waals surface area (Å²) in [6, 6.07) is 11.9. The summed E-state index contributed by atoms with van der Waals surface area (Å²) in [5.41, 5.74) is 2.59. The van der Waals surface area contributed by atoms with Crippen LogP contribution < -0.4 is 10.6 Å². The third-order valence-electron chi connectivity index (χ3n) is 4.26. The van der Waals surface area contributed by atoms with Crippen molar-refractivity contribution in [2.75, 3.05) is 30.9 Å². The standard InChI is InChI=1S/C22H26N2O5/c1-4-5-12-23-18-9-7-6-8-17(18)22(27)29-14-20(25)24-19-13-16(21(26)28-3)11-10-15(19)2/h6-11,13,23H,4-5,12,14H2,1-3H3,(H,24,25). The fourth-order valence-corrected chi connectivity index (χ4v) is 2.61. The van der Waals surface area contributed by atoms with Crippen molar-refractivity contribution in [1.29, 1.82) is 0 Å². The number of hydrogen-bond donors (Lipinski definition) is 2. The molecule has 0 spiro atoms. The minimum absolute atomic E-state index is 0.317. The highest BCUT2D eigenvalue weighted by atomic mass is 16.5. The number of esters is 2. The Morgan fingerprint density at radius 3 is 2.48 bits per heavy atom. The maximum Gasteiger partial charge on any atom is 0.340 e. The minimum atomic E-state index is -0.584. The third kappa shape index (κ3) is 6.34. The summed E-state index contributed by atoms with van der Waals surface area (Å²) in [4.78, 5) is 36.3. The summed E-state index contributed by atoms with van der Waals surface area (Å²) in [5.74, 6) is -1.58. The first-order valence-corrected chi connectivity index (χ1v) is 9.45. The predicted molar refractivity (Wildman–Crippen MR) is 111 cm³/mol. The Morgan fingerprint density at radius 2 is 1.76 bits per heavy atom. The van der Waals surface area contributed by atoms with E-state index >= 15 is 0 Å². The molecule has 7 heteroatoms. The summed E-state index contributed by atoms with van der Waals surface area (Å²) in [7, 11) is 1.29. The molecule has 0 radical (unpaired) electrons. The fraction of sp³-hybridized carbons (Fsp3) is 0.318. The van der Waals surface area contributed by atoms with Crippen LogP contribution in [0.5, 0.6) is 0 Å². The van der Waals surface area contributed by atoms with E-state index in [1.165, 1.54) is 13.2 Å². The van der Waals surface area contributed by atoms with E-state index in [4.69, 9.17) is 4.74 Å². The van der Waals surface area contributed by atoms with Crippen LogP contribution in [0.3, 0.4) is 0 Å². The zero-order chi connectivity index (χ0) is 21.2. The van der Waals surface area contributed by atoms with Crippen LogP contribution in [0.2, 0.25) is 0 Å². The molecule has 0 saturated heterocycles. The van der Waals surface area contributed by atoms with Crippen LogP contribution in [0.4, 0.5) is 11.4 Å². The summed E-state index contributed by atoms with van der Waals surface area (Å²) in [5, 5.41) is 5.86. The lowest BCUT2D eigenvalue weighted by Crippen LogP contribution is -2.22. The van der Waals surface area contributed by atoms with Gasteiger partial charge in [-0.15, -0.1) is 0 Å². The van der Waals surface area contributed by atoms with Gasteiger partial charge in [0.05, 0.1) is 18.2 Å². The van der Waals surface area contributed by atoms with E-state index in [9.17, 15) is 14.4 Å². The van der Waals surface area contributed by atoms with Crippen molar-refractivity contribution in [1.82, 2.24) is 0 Å². The molecule has 7 nitrogen and oxygen atoms in total. The lowest BCUT2D eigenvalue weighted by Gasteiger charge is -2.12. The monoisotopic (exact) mass is 398 g/mol. The lowest BCUT2D eigenvalue weighted by molar-refractivity contribution is -0.119. The summed E-state index contributed by atoms with van der Waals surface area (Å²) >= 11 is 0. The fourth-order valence-electron chi connectivity index (χ4n) is 2.61. The van der Waals surface area contributed by atoms with Gasteiger partial charge in [0, 0.05) is 17.9 Å². The molecule has 0 unspecified atom stereocenters. The van der Waals surface area contributed by atoms with Gasteiger partial charge < -0.3 is 20.1 Å². The molecule has 0 aromatic heterocycles. The zero-order valence-corrected chi connectivity index (χ0v) is 16.9. The average molecular weight is 398 g/mol. The second kappa shape index (κ2) is 10.8. The van der Waals surface area contributed by atoms with Crippen molar-refractivity contribution >= 4 is 29.2 Å². The Labute approximate surface area is 170 Å². The van der Waals surface area contributed by atoms with E-state index in [0.717, 1.165) is 24.9 Å². The molecule has 2 aromatic rings. The number of ether oxygens (including phenoxy) is 2. The number of carbonyl (C=O) groups excluding carboxylic acids is 3. The summed E-state index contributed by atoms with van der Waals surface area (Å²) in [6.45, 7) is 4.19. The quantitative estimate of drug-likeness (QED) is 0.493. The SMILES string of the molecule is CCCCNc1ccccc1C(=O)OCC(=O)Nc1cc(C(=O)OC)ccc1C. The Kier molecular flexibility index (Phi) is 8.21. The first kappa shape index (κ1) is 21.9. The molecule has 2 aromatic carbocycles. The van der Waals surface area contributed by atoms with Crippen LogP contribution in [-0.2, 0) is 14.3 Å². The second-order valence-electron chi connectivity index (χ2n) is 6.47. The Bertz CT molecular complexity index is 879. The molecule has 0 heterocycles. The summed E-state index contributed by atoms with van der Waals surface area (Å²) < 4.78 is 9.85. The number of unbranched alkanes of at least 4 members (excludes halogenated alkanes) is 1. The van der Waals surface area contributed by atoms with Gasteiger partial charge in [-0.05, 0) is 43.2 Å². The molecule has 0 fully saturated rings. The van der Waals surface area contributed by atoms with Crippen molar-refractivity contribution in [3.63, 3.8) is 0 Å². The van der Waals surface area contributed by atoms with E-state index in [2.05, 4.69) is 22.3 Å². The second-order valence-corrected chi connectivity index (χ2v) is 6.47. The number of methoxy groups -OCH3 is 1. The van der Waals surface area contributed by atoms with Gasteiger partial charge in [-0.3, -0.25) is 4.79 Å². The molecular weight excluding hydrogens is 372 g/mol. The molecule has 2 N–H and O–H groups in total. The van der Waals surface area contributed by atoms with Gasteiger partial charge in [0.2, 0.25) is 0 Å². The van der Waals surface area contributed by atoms with Gasteiger partial charge in [0.1, 0.15) is 0 Å². The number of aryl methyl sites for hydroxylation is 1. The number of rotatable bonds is 9. The van der Waals surface area contributed by atoms with Crippen molar-refractivity contribution < 1.29 is 23.9 Å². The first-order valence-electron chi connectivity index (χ1n) is 9.45. The van der Waals surface area contributed by atoms with Crippen LogP contribution in [0.15, 0.2) is 42.5 Å². The largest absolute Gasteiger partial charge is 0.465 e. The maximum atomic E-state index is 12.4. The van der Waals surface area contributed by atoms with Crippen molar-refractivity contribution in [3.8, 4) is 0 Å². The highest BCUT2D eigenvalue weighted by Crippen LogP contribution is 2.18. The van der Waals surface area contributed by atoms with Gasteiger partial charge in [-0.2, -0.15) is 0 Å². The number of amides is 1. The van der Waals surface area contributed by atoms with Crippen LogP contribution in [-0.4, -0.2) is 38.1 Å². The highest BCUT2D eigenvalue weighted by Gasteiger charge is 2.15. The van der Waals surface area contributed by atoms with Crippen LogP contribution in [0, 0.1) is 6.92 Å². The van der Waals surface area contributed by atoms with Gasteiger partial charge in [0.15, 0.2) is 6.61 Å². The van der Waals surface area contributed by atoms with Gasteiger partial charge in [0.25, 0.3) is 5.91 Å². The zero-order valence-electron chi connectivity index (χ0n) is 16.9. The van der Waals surface area contributed by atoms with E-state index in [1.54, 1.807) is 37.3 Å². The lowest BCUT2D eigenvalue weighted by atomic mass is 10.1. The van der Waals surface area contributed by atoms with Gasteiger partial charge in [-0.1, -0.05) is 31.5 Å². The molecule has 0 bridgehead atoms. The topological polar surface area (TPSA) is 93.7 Å². The molecule has 0 saturated carbocycles. The van der Waals surface area contributed by atoms with Crippen molar-refractivity contribution in [2.24, 2.45) is 0 Å². The highest BCUT2D eigenvalue weighted by molar-refractivity contribution is 5.99. The average Bonchev–Trinajstić information content (AvgIpc) is 2.73. The van der Waals surface area contributed by atoms with Crippen molar-refractivity contribution in [2.45, 2.75) is 26.7 Å². The Hall–Kier alpha value is -3.35. The number of nitrogens with one attached hydrogen (secondary N) is 2. The minimum Gasteiger partial charge on any atom is -0.465 e. The van der Waals surface area contributed by atoms with Crippen LogP contribution >= 0.6 is 0 Å². The van der Waals surface area contributed by atoms with Crippen LogP contribution in [0.1, 0.15) is 46.0 Å². The third-order valence-corrected chi connectivity index (χ3v) is 4.26. The molecule has 0 atom stereocenters. The number of benzene rings is 2. The normalized spacial score (nSPS) is 10.2. The first-order chi connectivity index (χ1) is 14.0. The van der Waals surface area contributed by atoms with E-state index < -0.39 is 24.5 Å². The molecule has 1 amide bonds. The number of para-hydroxylation sites is 1. The summed E-state index contributed by atoms with van der Waals surface area (Å²) in [6.07, 6.45) is 2.02. The smallest absolute Gasteiger partial charge is 0.340 e. The number of hydrogen-bond acceptors (Lipinski definition) is 6. The van der Waals surface area contributed by atoms with Crippen molar-refractivity contribution in [3.05, 3.63) is 59.2 Å². The van der Waals surface area contributed by atoms with E-state index in [1.807, 2.05) is 6.07 Å². The molecule has 0 aliphatic heterocycles. The molecule has 0 aliphatic rings. The molecule has 29 heavy (non-hydrogen) atoms. The number of carbonyl (C=O) groups is 3. The molecular formula is C22H26N2O5. The predicted octanol–water partition coefficient (Wildman–Crippen LogP) is 3.79. The molecule has 154 valence electrons. The van der Waals surface area contributed by atoms with E-state index in [0.29, 0.717) is 22.5 Å². The molecule has 0 aliphatic carbocycles.